The van der Waals surface area contributed by atoms with Crippen molar-refractivity contribution in [3.63, 3.8) is 0 Å². The molecule has 10 nitrogen and oxygen atoms in total. The fraction of sp³-hybridized carbons (Fsp3) is 0.393. The molecule has 198 valence electrons. The Balaban J connectivity index is 1.53. The minimum absolute atomic E-state index is 0.153. The number of ether oxygens (including phenoxy) is 2. The Kier molecular flexibility index (Phi) is 7.50. The first-order valence-electron chi connectivity index (χ1n) is 12.9. The molecule has 10 heteroatoms. The molecule has 1 N–H and O–H groups in total. The quantitative estimate of drug-likeness (QED) is 0.355. The first-order chi connectivity index (χ1) is 18.5. The number of tetrazole rings is 1. The molecule has 38 heavy (non-hydrogen) atoms. The average Bonchev–Trinajstić information content (AvgIpc) is 3.38. The predicted octanol–water partition coefficient (Wildman–Crippen LogP) is 3.24. The van der Waals surface area contributed by atoms with Crippen LogP contribution in [0.5, 0.6) is 5.75 Å². The Labute approximate surface area is 220 Å². The van der Waals surface area contributed by atoms with Gasteiger partial charge < -0.3 is 14.5 Å². The molecule has 1 aliphatic heterocycles. The molecule has 1 fully saturated rings. The van der Waals surface area contributed by atoms with Gasteiger partial charge in [-0.05, 0) is 78.4 Å². The number of aromatic amines is 1. The molecule has 2 aromatic carbocycles. The van der Waals surface area contributed by atoms with Gasteiger partial charge in [-0.15, -0.1) is 5.10 Å². The number of benzene rings is 2. The number of methoxy groups -OCH3 is 1. The summed E-state index contributed by atoms with van der Waals surface area (Å²) in [5, 5.41) is 13.6. The van der Waals surface area contributed by atoms with Gasteiger partial charge in [-0.1, -0.05) is 23.8 Å². The van der Waals surface area contributed by atoms with Crippen molar-refractivity contribution < 1.29 is 14.3 Å². The van der Waals surface area contributed by atoms with E-state index >= 15 is 0 Å². The number of carbonyl (C=O) groups is 1. The molecule has 0 amide bonds. The molecule has 1 atom stereocenters. The zero-order valence-electron chi connectivity index (χ0n) is 21.9. The molecule has 0 bridgehead atoms. The third kappa shape index (κ3) is 5.31. The highest BCUT2D eigenvalue weighted by molar-refractivity contribution is 5.79. The zero-order valence-corrected chi connectivity index (χ0v) is 21.9. The maximum Gasteiger partial charge on any atom is 0.309 e. The van der Waals surface area contributed by atoms with Gasteiger partial charge in [0.15, 0.2) is 5.82 Å². The highest BCUT2D eigenvalue weighted by Gasteiger charge is 2.35. The number of fused-ring (bicyclic) bond motifs is 1. The second-order valence-corrected chi connectivity index (χ2v) is 9.65. The Morgan fingerprint density at radius 1 is 1.13 bits per heavy atom. The van der Waals surface area contributed by atoms with Crippen LogP contribution in [-0.2, 0) is 16.1 Å². The van der Waals surface area contributed by atoms with Gasteiger partial charge in [-0.2, -0.15) is 0 Å². The first-order valence-corrected chi connectivity index (χ1v) is 12.9. The zero-order chi connectivity index (χ0) is 26.6. The molecular formula is C28H32N6O4. The van der Waals surface area contributed by atoms with Crippen molar-refractivity contribution in [3.05, 3.63) is 81.4 Å². The summed E-state index contributed by atoms with van der Waals surface area (Å²) >= 11 is 0. The van der Waals surface area contributed by atoms with E-state index in [1.165, 1.54) is 0 Å². The molecule has 5 rings (SSSR count). The smallest absolute Gasteiger partial charge is 0.309 e. The van der Waals surface area contributed by atoms with Crippen molar-refractivity contribution in [2.24, 2.45) is 5.92 Å². The van der Waals surface area contributed by atoms with E-state index in [2.05, 4.69) is 31.5 Å². The van der Waals surface area contributed by atoms with E-state index in [-0.39, 0.29) is 17.4 Å². The number of hydrogen-bond donors (Lipinski definition) is 1. The molecule has 3 heterocycles. The van der Waals surface area contributed by atoms with Crippen molar-refractivity contribution in [3.8, 4) is 5.75 Å². The van der Waals surface area contributed by atoms with E-state index in [4.69, 9.17) is 9.47 Å². The van der Waals surface area contributed by atoms with Crippen LogP contribution in [0.1, 0.15) is 48.3 Å². The number of rotatable bonds is 8. The normalized spacial score (nSPS) is 15.4. The molecule has 0 spiro atoms. The molecule has 4 aromatic rings. The number of likely N-dealkylation sites (tertiary alicyclic amines) is 1. The minimum atomic E-state index is -0.486. The number of aromatic nitrogens is 5. The lowest BCUT2D eigenvalue weighted by molar-refractivity contribution is -0.149. The highest BCUT2D eigenvalue weighted by Crippen LogP contribution is 2.31. The highest BCUT2D eigenvalue weighted by atomic mass is 16.5. The van der Waals surface area contributed by atoms with Crippen LogP contribution in [0.15, 0.2) is 53.3 Å². The largest absolute Gasteiger partial charge is 0.497 e. The van der Waals surface area contributed by atoms with Gasteiger partial charge in [0, 0.05) is 24.2 Å². The van der Waals surface area contributed by atoms with Crippen molar-refractivity contribution in [2.75, 3.05) is 26.8 Å². The number of esters is 1. The molecule has 1 aliphatic rings. The number of carbonyl (C=O) groups excluding carboxylic acids is 1. The summed E-state index contributed by atoms with van der Waals surface area (Å²) in [4.78, 5) is 31.1. The SMILES string of the molecule is CCOC(=O)C1CCN(C(c2cc3cc(C)ccc3[nH]c2=O)c2nnnn2Cc2ccc(OC)cc2)CC1. The lowest BCUT2D eigenvalue weighted by Crippen LogP contribution is -2.42. The number of nitrogens with one attached hydrogen (secondary N) is 1. The molecule has 1 unspecified atom stereocenters. The molecule has 2 aromatic heterocycles. The number of aryl methyl sites for hydroxylation is 1. The molecular weight excluding hydrogens is 484 g/mol. The average molecular weight is 517 g/mol. The van der Waals surface area contributed by atoms with E-state index in [0.717, 1.165) is 27.8 Å². The van der Waals surface area contributed by atoms with Crippen LogP contribution >= 0.6 is 0 Å². The van der Waals surface area contributed by atoms with Crippen molar-refractivity contribution >= 4 is 16.9 Å². The summed E-state index contributed by atoms with van der Waals surface area (Å²) in [6.07, 6.45) is 1.28. The molecule has 1 saturated heterocycles. The van der Waals surface area contributed by atoms with Crippen LogP contribution in [0.3, 0.4) is 0 Å². The van der Waals surface area contributed by atoms with Crippen LogP contribution in [-0.4, -0.2) is 62.9 Å². The van der Waals surface area contributed by atoms with Crippen molar-refractivity contribution in [2.45, 2.75) is 39.3 Å². The van der Waals surface area contributed by atoms with E-state index in [9.17, 15) is 9.59 Å². The summed E-state index contributed by atoms with van der Waals surface area (Å²) in [5.41, 5.74) is 3.28. The van der Waals surface area contributed by atoms with E-state index in [0.29, 0.717) is 50.5 Å². The van der Waals surface area contributed by atoms with Gasteiger partial charge in [-0.3, -0.25) is 14.5 Å². The number of pyridine rings is 1. The Hall–Kier alpha value is -4.05. The summed E-state index contributed by atoms with van der Waals surface area (Å²) in [5.74, 6) is 1.03. The maximum absolute atomic E-state index is 13.4. The second-order valence-electron chi connectivity index (χ2n) is 9.65. The van der Waals surface area contributed by atoms with Crippen LogP contribution in [0.2, 0.25) is 0 Å². The number of nitrogens with zero attached hydrogens (tertiary/aromatic N) is 5. The number of hydrogen-bond acceptors (Lipinski definition) is 8. The van der Waals surface area contributed by atoms with Gasteiger partial charge in [0.2, 0.25) is 0 Å². The topological polar surface area (TPSA) is 115 Å². The van der Waals surface area contributed by atoms with Gasteiger partial charge >= 0.3 is 5.97 Å². The fourth-order valence-electron chi connectivity index (χ4n) is 5.12. The maximum atomic E-state index is 13.4. The minimum Gasteiger partial charge on any atom is -0.497 e. The second kappa shape index (κ2) is 11.1. The van der Waals surface area contributed by atoms with E-state index in [1.54, 1.807) is 11.8 Å². The van der Waals surface area contributed by atoms with Crippen LogP contribution in [0, 0.1) is 12.8 Å². The third-order valence-corrected chi connectivity index (χ3v) is 7.13. The van der Waals surface area contributed by atoms with Gasteiger partial charge in [0.1, 0.15) is 11.8 Å². The fourth-order valence-corrected chi connectivity index (χ4v) is 5.12. The van der Waals surface area contributed by atoms with E-state index < -0.39 is 6.04 Å². The van der Waals surface area contributed by atoms with E-state index in [1.807, 2.05) is 56.3 Å². The summed E-state index contributed by atoms with van der Waals surface area (Å²) < 4.78 is 12.3. The third-order valence-electron chi connectivity index (χ3n) is 7.13. The monoisotopic (exact) mass is 516 g/mol. The van der Waals surface area contributed by atoms with Crippen LogP contribution < -0.4 is 10.3 Å². The standard InChI is InChI=1S/C28H32N6O4/c1-4-38-28(36)20-11-13-33(14-12-20)25(23-16-21-15-18(2)5-10-24(21)29-27(23)35)26-30-31-32-34(26)17-19-6-8-22(37-3)9-7-19/h5-10,15-16,20,25H,4,11-14,17H2,1-3H3,(H,29,35). The number of H-pyrrole nitrogens is 1. The molecule has 0 aliphatic carbocycles. The Morgan fingerprint density at radius 3 is 2.61 bits per heavy atom. The Morgan fingerprint density at radius 2 is 1.89 bits per heavy atom. The Bertz CT molecular complexity index is 1470. The lowest BCUT2D eigenvalue weighted by atomic mass is 9.93. The molecule has 0 saturated carbocycles. The van der Waals surface area contributed by atoms with Crippen molar-refractivity contribution in [1.82, 2.24) is 30.1 Å². The summed E-state index contributed by atoms with van der Waals surface area (Å²) in [6.45, 7) is 5.86. The van der Waals surface area contributed by atoms with Gasteiger partial charge in [0.05, 0.1) is 26.2 Å². The molecule has 0 radical (unpaired) electrons. The van der Waals surface area contributed by atoms with Crippen LogP contribution in [0.25, 0.3) is 10.9 Å². The summed E-state index contributed by atoms with van der Waals surface area (Å²) in [7, 11) is 1.63. The van der Waals surface area contributed by atoms with Gasteiger partial charge in [0.25, 0.3) is 5.56 Å². The first kappa shape index (κ1) is 25.6. The lowest BCUT2D eigenvalue weighted by Gasteiger charge is -2.36. The number of piperidine rings is 1. The summed E-state index contributed by atoms with van der Waals surface area (Å²) in [6, 6.07) is 15.1. The van der Waals surface area contributed by atoms with Crippen molar-refractivity contribution in [1.29, 1.82) is 0 Å². The van der Waals surface area contributed by atoms with Gasteiger partial charge in [-0.25, -0.2) is 4.68 Å². The predicted molar refractivity (Wildman–Crippen MR) is 142 cm³/mol. The van der Waals surface area contributed by atoms with Crippen LogP contribution in [0.4, 0.5) is 0 Å².